The molecule has 0 aromatic rings. The summed E-state index contributed by atoms with van der Waals surface area (Å²) < 4.78 is 34.3. The number of hydrogen-bond acceptors (Lipinski definition) is 4. The van der Waals surface area contributed by atoms with Gasteiger partial charge < -0.3 is 9.66 Å². The van der Waals surface area contributed by atoms with Crippen molar-refractivity contribution in [2.75, 3.05) is 0 Å². The summed E-state index contributed by atoms with van der Waals surface area (Å²) in [5, 5.41) is 9.10. The minimum atomic E-state index is -4.16. The molecule has 4 nitrogen and oxygen atoms in total. The standard InChI is InChI=1S/C21H44O4S.K/c1-3-5-7-8-11-14-18-21(26(23,24)25)19-15-12-9-10-13-17-20(22)16-6-4-2;/h20-22H,3-19H2,1-2H3,(H,23,24,25);/q;+1/p-1. The average molecular weight is 431 g/mol. The van der Waals surface area contributed by atoms with Crippen LogP contribution in [0.1, 0.15) is 123 Å². The van der Waals surface area contributed by atoms with Crippen LogP contribution in [0.3, 0.4) is 0 Å². The number of aliphatic hydroxyl groups is 1. The fraction of sp³-hybridized carbons (Fsp3) is 1.00. The van der Waals surface area contributed by atoms with Gasteiger partial charge in [0.15, 0.2) is 0 Å². The maximum absolute atomic E-state index is 11.4. The molecule has 0 aliphatic heterocycles. The number of aliphatic hydroxyl groups excluding tert-OH is 1. The maximum atomic E-state index is 11.4. The third-order valence-electron chi connectivity index (χ3n) is 5.24. The summed E-state index contributed by atoms with van der Waals surface area (Å²) in [6.07, 6.45) is 16.5. The van der Waals surface area contributed by atoms with Crippen LogP contribution in [0.15, 0.2) is 0 Å². The molecule has 0 fully saturated rings. The number of hydrogen-bond donors (Lipinski definition) is 1. The molecular formula is C21H43KO4S. The summed E-state index contributed by atoms with van der Waals surface area (Å²) in [7, 11) is -4.16. The van der Waals surface area contributed by atoms with Gasteiger partial charge in [0.05, 0.1) is 16.2 Å². The van der Waals surface area contributed by atoms with E-state index in [0.717, 1.165) is 77.0 Å². The monoisotopic (exact) mass is 430 g/mol. The zero-order valence-electron chi connectivity index (χ0n) is 18.3. The second-order valence-corrected chi connectivity index (χ2v) is 9.46. The van der Waals surface area contributed by atoms with E-state index >= 15 is 0 Å². The smallest absolute Gasteiger partial charge is 0.748 e. The van der Waals surface area contributed by atoms with Crippen molar-refractivity contribution < 1.29 is 69.5 Å². The zero-order chi connectivity index (χ0) is 19.7. The van der Waals surface area contributed by atoms with Gasteiger partial charge in [-0.3, -0.25) is 0 Å². The first kappa shape index (κ1) is 30.7. The van der Waals surface area contributed by atoms with Crippen LogP contribution in [0.5, 0.6) is 0 Å². The topological polar surface area (TPSA) is 77.4 Å². The zero-order valence-corrected chi connectivity index (χ0v) is 22.2. The van der Waals surface area contributed by atoms with Crippen molar-refractivity contribution in [1.29, 1.82) is 0 Å². The third-order valence-corrected chi connectivity index (χ3v) is 6.53. The van der Waals surface area contributed by atoms with Gasteiger partial charge in [0.2, 0.25) is 0 Å². The van der Waals surface area contributed by atoms with Gasteiger partial charge in [-0.25, -0.2) is 8.42 Å². The third kappa shape index (κ3) is 20.6. The SMILES string of the molecule is CCCCCCCCC(CCCCCCCC(O)CCCC)S(=O)(=O)[O-].[K+]. The summed E-state index contributed by atoms with van der Waals surface area (Å²) in [6, 6.07) is 0. The normalized spacial score (nSPS) is 13.9. The fourth-order valence-electron chi connectivity index (χ4n) is 3.45. The Labute approximate surface area is 211 Å². The van der Waals surface area contributed by atoms with E-state index < -0.39 is 15.4 Å². The molecule has 0 amide bonds. The van der Waals surface area contributed by atoms with E-state index in [1.54, 1.807) is 0 Å². The molecule has 0 aromatic heterocycles. The molecule has 0 spiro atoms. The molecule has 0 saturated heterocycles. The Hall–Kier alpha value is 1.51. The summed E-state index contributed by atoms with van der Waals surface area (Å²) in [4.78, 5) is 0. The van der Waals surface area contributed by atoms with Crippen LogP contribution in [0.4, 0.5) is 0 Å². The first-order chi connectivity index (χ1) is 12.4. The molecule has 158 valence electrons. The van der Waals surface area contributed by atoms with Crippen molar-refractivity contribution in [2.45, 2.75) is 134 Å². The molecule has 0 heterocycles. The Morgan fingerprint density at radius 1 is 0.667 bits per heavy atom. The van der Waals surface area contributed by atoms with Gasteiger partial charge in [0.25, 0.3) is 0 Å². The van der Waals surface area contributed by atoms with Crippen molar-refractivity contribution in [3.63, 3.8) is 0 Å². The molecule has 27 heavy (non-hydrogen) atoms. The molecular weight excluding hydrogens is 387 g/mol. The molecule has 6 heteroatoms. The number of rotatable bonds is 19. The van der Waals surface area contributed by atoms with Gasteiger partial charge in [-0.2, -0.15) is 0 Å². The molecule has 0 rings (SSSR count). The van der Waals surface area contributed by atoms with E-state index in [1.165, 1.54) is 19.3 Å². The second kappa shape index (κ2) is 20.8. The molecule has 1 N–H and O–H groups in total. The van der Waals surface area contributed by atoms with Crippen LogP contribution < -0.4 is 51.4 Å². The van der Waals surface area contributed by atoms with Gasteiger partial charge >= 0.3 is 51.4 Å². The Bertz CT molecular complexity index is 401. The van der Waals surface area contributed by atoms with Crippen LogP contribution in [0, 0.1) is 0 Å². The van der Waals surface area contributed by atoms with E-state index in [0.29, 0.717) is 12.8 Å². The molecule has 2 atom stereocenters. The van der Waals surface area contributed by atoms with Crippen LogP contribution in [0.2, 0.25) is 0 Å². The molecule has 2 unspecified atom stereocenters. The minimum absolute atomic E-state index is 0. The van der Waals surface area contributed by atoms with Gasteiger partial charge in [-0.05, 0) is 25.7 Å². The van der Waals surface area contributed by atoms with E-state index in [1.807, 2.05) is 0 Å². The van der Waals surface area contributed by atoms with Gasteiger partial charge in [-0.1, -0.05) is 97.3 Å². The van der Waals surface area contributed by atoms with Crippen molar-refractivity contribution in [3.05, 3.63) is 0 Å². The Morgan fingerprint density at radius 3 is 1.48 bits per heavy atom. The van der Waals surface area contributed by atoms with Crippen molar-refractivity contribution in [1.82, 2.24) is 0 Å². The largest absolute Gasteiger partial charge is 1.00 e. The fourth-order valence-corrected chi connectivity index (χ4v) is 4.36. The van der Waals surface area contributed by atoms with Crippen molar-refractivity contribution >= 4 is 10.1 Å². The Balaban J connectivity index is 0. The van der Waals surface area contributed by atoms with Gasteiger partial charge in [0.1, 0.15) is 0 Å². The predicted octanol–water partition coefficient (Wildman–Crippen LogP) is 2.94. The molecule has 0 aliphatic rings. The van der Waals surface area contributed by atoms with E-state index in [-0.39, 0.29) is 57.5 Å². The molecule has 0 aromatic carbocycles. The summed E-state index contributed by atoms with van der Waals surface area (Å²) in [5.74, 6) is 0. The maximum Gasteiger partial charge on any atom is 1.00 e. The predicted molar refractivity (Wildman–Crippen MR) is 109 cm³/mol. The second-order valence-electron chi connectivity index (χ2n) is 7.81. The van der Waals surface area contributed by atoms with Crippen LogP contribution in [-0.4, -0.2) is 29.4 Å². The summed E-state index contributed by atoms with van der Waals surface area (Å²) in [6.45, 7) is 4.31. The average Bonchev–Trinajstić information content (AvgIpc) is 2.59. The molecule has 0 radical (unpaired) electrons. The Kier molecular flexibility index (Phi) is 23.6. The Morgan fingerprint density at radius 2 is 1.04 bits per heavy atom. The van der Waals surface area contributed by atoms with Crippen molar-refractivity contribution in [2.24, 2.45) is 0 Å². The van der Waals surface area contributed by atoms with E-state index in [2.05, 4.69) is 13.8 Å². The molecule has 0 aliphatic carbocycles. The van der Waals surface area contributed by atoms with E-state index in [4.69, 9.17) is 0 Å². The van der Waals surface area contributed by atoms with Gasteiger partial charge in [0, 0.05) is 5.25 Å². The quantitative estimate of drug-likeness (QED) is 0.194. The minimum Gasteiger partial charge on any atom is -0.748 e. The van der Waals surface area contributed by atoms with E-state index in [9.17, 15) is 18.1 Å². The van der Waals surface area contributed by atoms with Gasteiger partial charge in [-0.15, -0.1) is 0 Å². The number of unbranched alkanes of at least 4 members (excludes halogenated alkanes) is 10. The molecule has 0 saturated carbocycles. The first-order valence-electron chi connectivity index (χ1n) is 11.0. The first-order valence-corrected chi connectivity index (χ1v) is 12.5. The van der Waals surface area contributed by atoms with Crippen LogP contribution in [-0.2, 0) is 10.1 Å². The molecule has 0 bridgehead atoms. The van der Waals surface area contributed by atoms with Crippen molar-refractivity contribution in [3.8, 4) is 0 Å². The van der Waals surface area contributed by atoms with Crippen LogP contribution >= 0.6 is 0 Å². The summed E-state index contributed by atoms with van der Waals surface area (Å²) >= 11 is 0. The van der Waals surface area contributed by atoms with Crippen LogP contribution in [0.25, 0.3) is 0 Å². The summed E-state index contributed by atoms with van der Waals surface area (Å²) in [5.41, 5.74) is 0.